The highest BCUT2D eigenvalue weighted by atomic mass is 19.1. The molecular formula is C17H19FO2. The van der Waals surface area contributed by atoms with E-state index in [0.29, 0.717) is 11.5 Å². The molecule has 0 aromatic heterocycles. The normalized spacial score (nSPS) is 12.2. The van der Waals surface area contributed by atoms with Gasteiger partial charge in [0.1, 0.15) is 17.3 Å². The summed E-state index contributed by atoms with van der Waals surface area (Å²) in [5.41, 5.74) is 1.43. The number of aliphatic hydroxyl groups is 1. The molecule has 106 valence electrons. The molecule has 0 aliphatic rings. The predicted molar refractivity (Wildman–Crippen MR) is 77.5 cm³/mol. The first kappa shape index (κ1) is 14.5. The molecule has 1 atom stereocenters. The number of hydrogen-bond acceptors (Lipinski definition) is 2. The summed E-state index contributed by atoms with van der Waals surface area (Å²) in [6.07, 6.45) is 1.21. The molecule has 0 aliphatic heterocycles. The fourth-order valence-corrected chi connectivity index (χ4v) is 2.15. The van der Waals surface area contributed by atoms with Gasteiger partial charge in [0.05, 0.1) is 11.7 Å². The first-order valence-electron chi connectivity index (χ1n) is 6.85. The molecule has 20 heavy (non-hydrogen) atoms. The Balaban J connectivity index is 2.23. The van der Waals surface area contributed by atoms with Crippen LogP contribution in [0.2, 0.25) is 0 Å². The minimum Gasteiger partial charge on any atom is -0.457 e. The van der Waals surface area contributed by atoms with Crippen molar-refractivity contribution in [2.45, 2.75) is 32.8 Å². The van der Waals surface area contributed by atoms with E-state index in [2.05, 4.69) is 6.92 Å². The molecule has 0 saturated carbocycles. The number of aryl methyl sites for hydroxylation is 1. The maximum atomic E-state index is 13.7. The molecule has 2 nitrogen and oxygen atoms in total. The molecule has 0 radical (unpaired) electrons. The van der Waals surface area contributed by atoms with Gasteiger partial charge in [-0.15, -0.1) is 0 Å². The van der Waals surface area contributed by atoms with E-state index in [9.17, 15) is 9.50 Å². The van der Waals surface area contributed by atoms with Crippen molar-refractivity contribution in [1.29, 1.82) is 0 Å². The molecule has 0 heterocycles. The van der Waals surface area contributed by atoms with E-state index in [1.807, 2.05) is 24.3 Å². The Morgan fingerprint density at radius 3 is 2.45 bits per heavy atom. The number of benzene rings is 2. The van der Waals surface area contributed by atoms with E-state index in [0.717, 1.165) is 12.8 Å². The maximum absolute atomic E-state index is 13.7. The van der Waals surface area contributed by atoms with Gasteiger partial charge in [-0.2, -0.15) is 0 Å². The van der Waals surface area contributed by atoms with E-state index in [-0.39, 0.29) is 5.56 Å². The van der Waals surface area contributed by atoms with Crippen molar-refractivity contribution < 1.29 is 14.2 Å². The fourth-order valence-electron chi connectivity index (χ4n) is 2.15. The largest absolute Gasteiger partial charge is 0.457 e. The third kappa shape index (κ3) is 3.36. The van der Waals surface area contributed by atoms with Crippen LogP contribution in [0.25, 0.3) is 0 Å². The summed E-state index contributed by atoms with van der Waals surface area (Å²) in [5.74, 6) is 0.528. The molecule has 1 N–H and O–H groups in total. The fraction of sp³-hybridized carbons (Fsp3) is 0.294. The van der Waals surface area contributed by atoms with Crippen LogP contribution in [0.5, 0.6) is 11.5 Å². The highest BCUT2D eigenvalue weighted by molar-refractivity contribution is 5.40. The van der Waals surface area contributed by atoms with Crippen molar-refractivity contribution in [3.8, 4) is 11.5 Å². The third-order valence-corrected chi connectivity index (χ3v) is 3.12. The van der Waals surface area contributed by atoms with E-state index in [1.165, 1.54) is 18.6 Å². The quantitative estimate of drug-likeness (QED) is 0.861. The summed E-state index contributed by atoms with van der Waals surface area (Å²) in [4.78, 5) is 0. The van der Waals surface area contributed by atoms with Gasteiger partial charge in [0, 0.05) is 0 Å². The van der Waals surface area contributed by atoms with E-state index >= 15 is 0 Å². The van der Waals surface area contributed by atoms with Crippen LogP contribution >= 0.6 is 0 Å². The molecule has 0 aliphatic carbocycles. The zero-order valence-corrected chi connectivity index (χ0v) is 11.8. The van der Waals surface area contributed by atoms with Crippen LogP contribution in [0.3, 0.4) is 0 Å². The summed E-state index contributed by atoms with van der Waals surface area (Å²) < 4.78 is 19.4. The number of halogens is 1. The molecule has 2 rings (SSSR count). The van der Waals surface area contributed by atoms with E-state index in [4.69, 9.17) is 4.74 Å². The van der Waals surface area contributed by atoms with Gasteiger partial charge < -0.3 is 9.84 Å². The lowest BCUT2D eigenvalue weighted by atomic mass is 10.1. The first-order valence-corrected chi connectivity index (χ1v) is 6.85. The van der Waals surface area contributed by atoms with Crippen molar-refractivity contribution >= 4 is 0 Å². The molecule has 0 saturated heterocycles. The molecule has 0 fully saturated rings. The second kappa shape index (κ2) is 6.53. The number of aliphatic hydroxyl groups excluding tert-OH is 1. The van der Waals surface area contributed by atoms with E-state index in [1.54, 1.807) is 12.1 Å². The third-order valence-electron chi connectivity index (χ3n) is 3.12. The predicted octanol–water partition coefficient (Wildman–Crippen LogP) is 4.62. The minimum absolute atomic E-state index is 0.185. The van der Waals surface area contributed by atoms with Gasteiger partial charge in [-0.1, -0.05) is 31.5 Å². The van der Waals surface area contributed by atoms with Crippen molar-refractivity contribution in [3.63, 3.8) is 0 Å². The molecule has 2 aromatic carbocycles. The Morgan fingerprint density at radius 2 is 1.85 bits per heavy atom. The Bertz CT molecular complexity index is 562. The van der Waals surface area contributed by atoms with Crippen molar-refractivity contribution in [2.24, 2.45) is 0 Å². The molecule has 3 heteroatoms. The lowest BCUT2D eigenvalue weighted by Crippen LogP contribution is -1.99. The maximum Gasteiger partial charge on any atom is 0.136 e. The first-order chi connectivity index (χ1) is 9.61. The lowest BCUT2D eigenvalue weighted by Gasteiger charge is -2.14. The van der Waals surface area contributed by atoms with Crippen LogP contribution in [-0.2, 0) is 6.42 Å². The van der Waals surface area contributed by atoms with Gasteiger partial charge in [-0.3, -0.25) is 0 Å². The SMILES string of the molecule is CCCc1ccc(Oc2cccc(F)c2[C@@H](C)O)cc1. The second-order valence-electron chi connectivity index (χ2n) is 4.82. The summed E-state index contributed by atoms with van der Waals surface area (Å²) in [6.45, 7) is 3.65. The van der Waals surface area contributed by atoms with Crippen molar-refractivity contribution in [2.75, 3.05) is 0 Å². The Labute approximate surface area is 118 Å². The highest BCUT2D eigenvalue weighted by Gasteiger charge is 2.15. The summed E-state index contributed by atoms with van der Waals surface area (Å²) >= 11 is 0. The van der Waals surface area contributed by atoms with Crippen LogP contribution in [0, 0.1) is 5.82 Å². The molecule has 0 spiro atoms. The number of rotatable bonds is 5. The molecule has 0 bridgehead atoms. The minimum atomic E-state index is -0.912. The van der Waals surface area contributed by atoms with Crippen LogP contribution in [0.4, 0.5) is 4.39 Å². The summed E-state index contributed by atoms with van der Waals surface area (Å²) in [6, 6.07) is 12.3. The van der Waals surface area contributed by atoms with Crippen LogP contribution in [-0.4, -0.2) is 5.11 Å². The van der Waals surface area contributed by atoms with Gasteiger partial charge >= 0.3 is 0 Å². The van der Waals surface area contributed by atoms with Crippen LogP contribution in [0.1, 0.15) is 37.5 Å². The monoisotopic (exact) mass is 274 g/mol. The zero-order chi connectivity index (χ0) is 14.5. The molecule has 0 amide bonds. The van der Waals surface area contributed by atoms with Crippen molar-refractivity contribution in [3.05, 3.63) is 59.4 Å². The Kier molecular flexibility index (Phi) is 4.74. The summed E-state index contributed by atoms with van der Waals surface area (Å²) in [7, 11) is 0. The molecule has 0 unspecified atom stereocenters. The smallest absolute Gasteiger partial charge is 0.136 e. The topological polar surface area (TPSA) is 29.5 Å². The standard InChI is InChI=1S/C17H19FO2/c1-3-5-13-8-10-14(11-9-13)20-16-7-4-6-15(18)17(16)12(2)19/h4,6-12,19H,3,5H2,1-2H3/t12-/m1/s1. The Hall–Kier alpha value is -1.87. The zero-order valence-electron chi connectivity index (χ0n) is 11.8. The van der Waals surface area contributed by atoms with Gasteiger partial charge in [-0.25, -0.2) is 4.39 Å². The van der Waals surface area contributed by atoms with Gasteiger partial charge in [-0.05, 0) is 43.2 Å². The van der Waals surface area contributed by atoms with Crippen LogP contribution < -0.4 is 4.74 Å². The van der Waals surface area contributed by atoms with Crippen molar-refractivity contribution in [1.82, 2.24) is 0 Å². The second-order valence-corrected chi connectivity index (χ2v) is 4.82. The number of ether oxygens (including phenoxy) is 1. The van der Waals surface area contributed by atoms with Gasteiger partial charge in [0.25, 0.3) is 0 Å². The van der Waals surface area contributed by atoms with Crippen LogP contribution in [0.15, 0.2) is 42.5 Å². The molecular weight excluding hydrogens is 255 g/mol. The van der Waals surface area contributed by atoms with Gasteiger partial charge in [0.15, 0.2) is 0 Å². The molecule has 2 aromatic rings. The number of hydrogen-bond donors (Lipinski definition) is 1. The summed E-state index contributed by atoms with van der Waals surface area (Å²) in [5, 5.41) is 9.66. The lowest BCUT2D eigenvalue weighted by molar-refractivity contribution is 0.190. The average molecular weight is 274 g/mol. The highest BCUT2D eigenvalue weighted by Crippen LogP contribution is 2.31. The Morgan fingerprint density at radius 1 is 1.15 bits per heavy atom. The van der Waals surface area contributed by atoms with E-state index < -0.39 is 11.9 Å². The average Bonchev–Trinajstić information content (AvgIpc) is 2.41. The van der Waals surface area contributed by atoms with Gasteiger partial charge in [0.2, 0.25) is 0 Å².